The van der Waals surface area contributed by atoms with E-state index in [0.717, 1.165) is 11.1 Å². The van der Waals surface area contributed by atoms with E-state index >= 15 is 0 Å². The van der Waals surface area contributed by atoms with Crippen LogP contribution in [0.3, 0.4) is 0 Å². The molecule has 0 aliphatic heterocycles. The van der Waals surface area contributed by atoms with E-state index in [1.54, 1.807) is 55.6 Å². The molecule has 0 bridgehead atoms. The summed E-state index contributed by atoms with van der Waals surface area (Å²) in [5.41, 5.74) is 2.85. The lowest BCUT2D eigenvalue weighted by molar-refractivity contribution is -0.113. The van der Waals surface area contributed by atoms with Crippen molar-refractivity contribution in [3.05, 3.63) is 89.8 Å². The number of anilines is 1. The van der Waals surface area contributed by atoms with Crippen LogP contribution < -0.4 is 10.1 Å². The van der Waals surface area contributed by atoms with E-state index in [1.165, 1.54) is 11.8 Å². The van der Waals surface area contributed by atoms with E-state index in [0.29, 0.717) is 27.7 Å². The molecule has 1 amide bonds. The Morgan fingerprint density at radius 3 is 2.66 bits per heavy atom. The summed E-state index contributed by atoms with van der Waals surface area (Å²) in [5, 5.41) is 6.79. The lowest BCUT2D eigenvalue weighted by Gasteiger charge is -2.09. The normalized spacial score (nSPS) is 10.6. The minimum atomic E-state index is -0.544. The Kier molecular flexibility index (Phi) is 7.79. The molecule has 9 heteroatoms. The van der Waals surface area contributed by atoms with Crippen LogP contribution in [-0.4, -0.2) is 34.9 Å². The van der Waals surface area contributed by atoms with Gasteiger partial charge >= 0.3 is 5.97 Å². The number of methoxy groups -OCH3 is 1. The van der Waals surface area contributed by atoms with Gasteiger partial charge in [-0.1, -0.05) is 47.6 Å². The number of ether oxygens (including phenoxy) is 2. The molecule has 1 heterocycles. The van der Waals surface area contributed by atoms with E-state index < -0.39 is 5.97 Å². The molecule has 3 aromatic carbocycles. The van der Waals surface area contributed by atoms with Crippen molar-refractivity contribution >= 4 is 29.3 Å². The zero-order valence-corrected chi connectivity index (χ0v) is 20.0. The molecule has 1 aromatic heterocycles. The predicted molar refractivity (Wildman–Crippen MR) is 132 cm³/mol. The molecule has 4 rings (SSSR count). The highest BCUT2D eigenvalue weighted by molar-refractivity contribution is 8.00. The van der Waals surface area contributed by atoms with Crippen LogP contribution >= 0.6 is 11.8 Å². The van der Waals surface area contributed by atoms with Crippen molar-refractivity contribution in [1.82, 2.24) is 10.1 Å². The maximum absolute atomic E-state index is 12.7. The van der Waals surface area contributed by atoms with Gasteiger partial charge in [-0.25, -0.2) is 4.79 Å². The summed E-state index contributed by atoms with van der Waals surface area (Å²) in [6.07, 6.45) is 0. The summed E-state index contributed by atoms with van der Waals surface area (Å²) >= 11 is 1.24. The third kappa shape index (κ3) is 6.27. The quantitative estimate of drug-likeness (QED) is 0.255. The Bertz CT molecular complexity index is 1340. The Hall–Kier alpha value is -4.11. The highest BCUT2D eigenvalue weighted by atomic mass is 32.2. The van der Waals surface area contributed by atoms with Crippen molar-refractivity contribution in [3.8, 4) is 17.1 Å². The third-order valence-corrected chi connectivity index (χ3v) is 6.07. The summed E-state index contributed by atoms with van der Waals surface area (Å²) in [6.45, 7) is 1.80. The van der Waals surface area contributed by atoms with Crippen LogP contribution in [0.1, 0.15) is 21.8 Å². The van der Waals surface area contributed by atoms with Gasteiger partial charge in [-0.15, -0.1) is 11.8 Å². The Balaban J connectivity index is 1.35. The van der Waals surface area contributed by atoms with Gasteiger partial charge in [0.2, 0.25) is 11.7 Å². The second kappa shape index (κ2) is 11.3. The lowest BCUT2D eigenvalue weighted by Crippen LogP contribution is -2.14. The van der Waals surface area contributed by atoms with Crippen molar-refractivity contribution in [2.45, 2.75) is 18.4 Å². The molecule has 0 saturated carbocycles. The van der Waals surface area contributed by atoms with Gasteiger partial charge in [0.05, 0.1) is 18.4 Å². The SMILES string of the molecule is COc1cccc(NC(=O)CSc2ccccc2C(=O)OCc2nc(-c3ccccc3C)no2)c1. The van der Waals surface area contributed by atoms with Crippen LogP contribution in [0.15, 0.2) is 82.2 Å². The Labute approximate surface area is 206 Å². The zero-order chi connectivity index (χ0) is 24.6. The van der Waals surface area contributed by atoms with Crippen molar-refractivity contribution in [3.63, 3.8) is 0 Å². The van der Waals surface area contributed by atoms with Crippen molar-refractivity contribution in [2.75, 3.05) is 18.2 Å². The van der Waals surface area contributed by atoms with Crippen LogP contribution in [0.2, 0.25) is 0 Å². The van der Waals surface area contributed by atoms with Crippen molar-refractivity contribution < 1.29 is 23.6 Å². The standard InChI is InChI=1S/C26H23N3O5S/c1-17-8-3-4-11-20(17)25-28-24(34-29-25)15-33-26(31)21-12-5-6-13-22(21)35-16-23(30)27-18-9-7-10-19(14-18)32-2/h3-14H,15-16H2,1-2H3,(H,27,30). The van der Waals surface area contributed by atoms with E-state index in [4.69, 9.17) is 14.0 Å². The summed E-state index contributed by atoms with van der Waals surface area (Å²) in [7, 11) is 1.56. The zero-order valence-electron chi connectivity index (χ0n) is 19.2. The van der Waals surface area contributed by atoms with Crippen LogP contribution in [0.4, 0.5) is 5.69 Å². The number of amides is 1. The number of esters is 1. The largest absolute Gasteiger partial charge is 0.497 e. The number of hydrogen-bond donors (Lipinski definition) is 1. The Morgan fingerprint density at radius 2 is 1.83 bits per heavy atom. The number of aromatic nitrogens is 2. The van der Waals surface area contributed by atoms with Gasteiger partial charge in [-0.05, 0) is 36.8 Å². The number of carbonyl (C=O) groups is 2. The summed E-state index contributed by atoms with van der Waals surface area (Å²) in [5.74, 6) is 0.644. The fraction of sp³-hybridized carbons (Fsp3) is 0.154. The molecule has 4 aromatic rings. The molecule has 0 unspecified atom stereocenters. The number of rotatable bonds is 9. The fourth-order valence-corrected chi connectivity index (χ4v) is 4.09. The van der Waals surface area contributed by atoms with E-state index in [-0.39, 0.29) is 24.2 Å². The average Bonchev–Trinajstić information content (AvgIpc) is 3.35. The summed E-state index contributed by atoms with van der Waals surface area (Å²) < 4.78 is 15.8. The maximum atomic E-state index is 12.7. The molecule has 1 N–H and O–H groups in total. The number of nitrogens with one attached hydrogen (secondary N) is 1. The highest BCUT2D eigenvalue weighted by Gasteiger charge is 2.17. The summed E-state index contributed by atoms with van der Waals surface area (Å²) in [4.78, 5) is 30.1. The lowest BCUT2D eigenvalue weighted by atomic mass is 10.1. The molecule has 0 radical (unpaired) electrons. The van der Waals surface area contributed by atoms with Gasteiger partial charge in [0, 0.05) is 22.2 Å². The van der Waals surface area contributed by atoms with Crippen LogP contribution in [0, 0.1) is 6.92 Å². The van der Waals surface area contributed by atoms with Gasteiger partial charge in [0.1, 0.15) is 5.75 Å². The molecule has 178 valence electrons. The first kappa shape index (κ1) is 24.0. The molecular weight excluding hydrogens is 466 g/mol. The van der Waals surface area contributed by atoms with E-state index in [2.05, 4.69) is 15.5 Å². The first-order chi connectivity index (χ1) is 17.0. The van der Waals surface area contributed by atoms with Gasteiger partial charge in [0.25, 0.3) is 5.89 Å². The minimum absolute atomic E-state index is 0.116. The fourth-order valence-electron chi connectivity index (χ4n) is 3.25. The summed E-state index contributed by atoms with van der Waals surface area (Å²) in [6, 6.07) is 21.7. The number of aryl methyl sites for hydroxylation is 1. The van der Waals surface area contributed by atoms with Crippen LogP contribution in [0.5, 0.6) is 5.75 Å². The third-order valence-electron chi connectivity index (χ3n) is 5.00. The molecule has 0 fully saturated rings. The van der Waals surface area contributed by atoms with Crippen molar-refractivity contribution in [2.24, 2.45) is 0 Å². The molecule has 8 nitrogen and oxygen atoms in total. The topological polar surface area (TPSA) is 104 Å². The van der Waals surface area contributed by atoms with Gasteiger partial charge in [0.15, 0.2) is 6.61 Å². The van der Waals surface area contributed by atoms with E-state index in [1.807, 2.05) is 31.2 Å². The number of nitrogens with zero attached hydrogens (tertiary/aromatic N) is 2. The molecule has 0 spiro atoms. The average molecular weight is 490 g/mol. The predicted octanol–water partition coefficient (Wildman–Crippen LogP) is 5.14. The van der Waals surface area contributed by atoms with E-state index in [9.17, 15) is 9.59 Å². The number of carbonyl (C=O) groups excluding carboxylic acids is 2. The van der Waals surface area contributed by atoms with Gasteiger partial charge in [-0.3, -0.25) is 4.79 Å². The molecular formula is C26H23N3O5S. The first-order valence-corrected chi connectivity index (χ1v) is 11.7. The minimum Gasteiger partial charge on any atom is -0.497 e. The number of thioether (sulfide) groups is 1. The molecule has 35 heavy (non-hydrogen) atoms. The number of hydrogen-bond acceptors (Lipinski definition) is 8. The molecule has 0 aliphatic carbocycles. The van der Waals surface area contributed by atoms with Crippen LogP contribution in [0.25, 0.3) is 11.4 Å². The number of benzene rings is 3. The molecule has 0 atom stereocenters. The monoisotopic (exact) mass is 489 g/mol. The smallest absolute Gasteiger partial charge is 0.339 e. The second-order valence-corrected chi connectivity index (χ2v) is 8.48. The molecule has 0 aliphatic rings. The molecule has 0 saturated heterocycles. The van der Waals surface area contributed by atoms with Crippen LogP contribution in [-0.2, 0) is 16.1 Å². The second-order valence-electron chi connectivity index (χ2n) is 7.47. The highest BCUT2D eigenvalue weighted by Crippen LogP contribution is 2.25. The van der Waals surface area contributed by atoms with Gasteiger partial charge < -0.3 is 19.3 Å². The maximum Gasteiger partial charge on any atom is 0.339 e. The van der Waals surface area contributed by atoms with Crippen molar-refractivity contribution in [1.29, 1.82) is 0 Å². The Morgan fingerprint density at radius 1 is 1.03 bits per heavy atom. The first-order valence-electron chi connectivity index (χ1n) is 10.7. The van der Waals surface area contributed by atoms with Gasteiger partial charge in [-0.2, -0.15) is 4.98 Å².